The highest BCUT2D eigenvalue weighted by molar-refractivity contribution is 6.06. The fourth-order valence-corrected chi connectivity index (χ4v) is 2.12. The van der Waals surface area contributed by atoms with Crippen molar-refractivity contribution >= 4 is 11.9 Å². The lowest BCUT2D eigenvalue weighted by Crippen LogP contribution is -2.51. The lowest BCUT2D eigenvalue weighted by Gasteiger charge is -2.33. The molecule has 78 valence electrons. The van der Waals surface area contributed by atoms with Crippen LogP contribution in [0.15, 0.2) is 0 Å². The van der Waals surface area contributed by atoms with E-state index in [9.17, 15) is 9.59 Å². The Morgan fingerprint density at radius 1 is 1.36 bits per heavy atom. The number of nitrogens with one attached hydrogen (secondary N) is 2. The highest BCUT2D eigenvalue weighted by Crippen LogP contribution is 2.29. The van der Waals surface area contributed by atoms with Gasteiger partial charge in [-0.25, -0.2) is 4.79 Å². The number of amides is 3. The van der Waals surface area contributed by atoms with Crippen molar-refractivity contribution in [3.8, 4) is 0 Å². The van der Waals surface area contributed by atoms with Crippen molar-refractivity contribution < 1.29 is 14.3 Å². The van der Waals surface area contributed by atoms with Gasteiger partial charge >= 0.3 is 6.03 Å². The molecule has 0 radical (unpaired) electrons. The molecule has 0 aromatic carbocycles. The fraction of sp³-hybridized carbons (Fsp3) is 0.778. The molecule has 2 rings (SSSR count). The molecule has 0 bridgehead atoms. The molecular formula is C9H14N2O3. The van der Waals surface area contributed by atoms with Crippen LogP contribution in [0.3, 0.4) is 0 Å². The summed E-state index contributed by atoms with van der Waals surface area (Å²) in [5, 5.41) is 4.97. The van der Waals surface area contributed by atoms with Gasteiger partial charge in [0.2, 0.25) is 0 Å². The summed E-state index contributed by atoms with van der Waals surface area (Å²) in [6.07, 6.45) is 1.65. The summed E-state index contributed by atoms with van der Waals surface area (Å²) in [5.74, 6) is -0.0305. The molecule has 3 amide bonds. The second-order valence-electron chi connectivity index (χ2n) is 4.00. The van der Waals surface area contributed by atoms with Gasteiger partial charge in [-0.1, -0.05) is 0 Å². The minimum atomic E-state index is -0.735. The van der Waals surface area contributed by atoms with Crippen molar-refractivity contribution in [3.05, 3.63) is 0 Å². The Hall–Kier alpha value is -1.10. The van der Waals surface area contributed by atoms with Crippen molar-refractivity contribution in [3.63, 3.8) is 0 Å². The van der Waals surface area contributed by atoms with Crippen LogP contribution in [0.1, 0.15) is 19.8 Å². The van der Waals surface area contributed by atoms with Gasteiger partial charge in [0.1, 0.15) is 5.54 Å². The van der Waals surface area contributed by atoms with Crippen LogP contribution >= 0.6 is 0 Å². The van der Waals surface area contributed by atoms with Crippen LogP contribution in [0.25, 0.3) is 0 Å². The Bertz CT molecular complexity index is 273. The number of ether oxygens (including phenoxy) is 1. The quantitative estimate of drug-likeness (QED) is 0.583. The van der Waals surface area contributed by atoms with Gasteiger partial charge in [0.25, 0.3) is 5.91 Å². The maximum atomic E-state index is 11.6. The third-order valence-corrected chi connectivity index (χ3v) is 3.11. The van der Waals surface area contributed by atoms with Crippen molar-refractivity contribution in [1.82, 2.24) is 10.6 Å². The van der Waals surface area contributed by atoms with E-state index < -0.39 is 5.54 Å². The zero-order valence-corrected chi connectivity index (χ0v) is 8.13. The first kappa shape index (κ1) is 9.45. The molecule has 0 saturated carbocycles. The average Bonchev–Trinajstić information content (AvgIpc) is 2.43. The van der Waals surface area contributed by atoms with Gasteiger partial charge in [-0.05, 0) is 25.7 Å². The van der Waals surface area contributed by atoms with Crippen LogP contribution in [-0.2, 0) is 9.53 Å². The Kier molecular flexibility index (Phi) is 2.19. The molecule has 2 heterocycles. The highest BCUT2D eigenvalue weighted by atomic mass is 16.5. The zero-order valence-electron chi connectivity index (χ0n) is 8.13. The zero-order chi connectivity index (χ0) is 10.2. The lowest BCUT2D eigenvalue weighted by molar-refractivity contribution is -0.126. The summed E-state index contributed by atoms with van der Waals surface area (Å²) >= 11 is 0. The lowest BCUT2D eigenvalue weighted by atomic mass is 9.80. The Morgan fingerprint density at radius 2 is 2.00 bits per heavy atom. The Morgan fingerprint density at radius 3 is 2.50 bits per heavy atom. The number of hydrogen-bond donors (Lipinski definition) is 2. The molecule has 0 aromatic rings. The third-order valence-electron chi connectivity index (χ3n) is 3.11. The molecule has 5 nitrogen and oxygen atoms in total. The molecule has 14 heavy (non-hydrogen) atoms. The van der Waals surface area contributed by atoms with E-state index in [1.165, 1.54) is 0 Å². The standard InChI is InChI=1S/C9H14N2O3/c1-9(6-2-4-14-5-3-6)7(12)10-8(13)11-9/h6H,2-5H2,1H3,(H2,10,11,12,13). The summed E-state index contributed by atoms with van der Waals surface area (Å²) in [4.78, 5) is 22.6. The van der Waals surface area contributed by atoms with Crippen LogP contribution in [0.2, 0.25) is 0 Å². The summed E-state index contributed by atoms with van der Waals surface area (Å²) in [6.45, 7) is 3.12. The fourth-order valence-electron chi connectivity index (χ4n) is 2.12. The molecule has 5 heteroatoms. The van der Waals surface area contributed by atoms with Crippen molar-refractivity contribution in [2.45, 2.75) is 25.3 Å². The van der Waals surface area contributed by atoms with Gasteiger partial charge in [-0.15, -0.1) is 0 Å². The van der Waals surface area contributed by atoms with Gasteiger partial charge in [0.15, 0.2) is 0 Å². The number of urea groups is 1. The molecule has 0 spiro atoms. The van der Waals surface area contributed by atoms with Gasteiger partial charge in [-0.2, -0.15) is 0 Å². The number of rotatable bonds is 1. The van der Waals surface area contributed by atoms with E-state index in [2.05, 4.69) is 10.6 Å². The van der Waals surface area contributed by atoms with Crippen LogP contribution in [0.5, 0.6) is 0 Å². The first-order valence-corrected chi connectivity index (χ1v) is 4.84. The van der Waals surface area contributed by atoms with E-state index in [0.717, 1.165) is 12.8 Å². The van der Waals surface area contributed by atoms with E-state index in [0.29, 0.717) is 13.2 Å². The summed E-state index contributed by atoms with van der Waals surface area (Å²) in [6, 6.07) is -0.385. The second kappa shape index (κ2) is 3.24. The summed E-state index contributed by atoms with van der Waals surface area (Å²) in [5.41, 5.74) is -0.735. The number of carbonyl (C=O) groups is 2. The molecule has 1 unspecified atom stereocenters. The van der Waals surface area contributed by atoms with Crippen LogP contribution in [-0.4, -0.2) is 30.7 Å². The first-order valence-electron chi connectivity index (χ1n) is 4.84. The van der Waals surface area contributed by atoms with E-state index >= 15 is 0 Å². The molecule has 0 aliphatic carbocycles. The first-order chi connectivity index (χ1) is 6.63. The van der Waals surface area contributed by atoms with Gasteiger partial charge in [-0.3, -0.25) is 10.1 Å². The second-order valence-corrected chi connectivity index (χ2v) is 4.00. The van der Waals surface area contributed by atoms with Crippen LogP contribution < -0.4 is 10.6 Å². The molecule has 0 aromatic heterocycles. The molecule has 1 atom stereocenters. The maximum absolute atomic E-state index is 11.6. The predicted molar refractivity (Wildman–Crippen MR) is 48.6 cm³/mol. The van der Waals surface area contributed by atoms with Gasteiger partial charge in [0, 0.05) is 13.2 Å². The molecule has 2 aliphatic rings. The molecule has 2 N–H and O–H groups in total. The van der Waals surface area contributed by atoms with E-state index in [1.807, 2.05) is 0 Å². The normalized spacial score (nSPS) is 34.1. The number of carbonyl (C=O) groups excluding carboxylic acids is 2. The average molecular weight is 198 g/mol. The topological polar surface area (TPSA) is 67.4 Å². The summed E-state index contributed by atoms with van der Waals surface area (Å²) < 4.78 is 5.22. The van der Waals surface area contributed by atoms with Crippen molar-refractivity contribution in [2.75, 3.05) is 13.2 Å². The minimum Gasteiger partial charge on any atom is -0.381 e. The largest absolute Gasteiger partial charge is 0.381 e. The maximum Gasteiger partial charge on any atom is 0.322 e. The highest BCUT2D eigenvalue weighted by Gasteiger charge is 2.47. The van der Waals surface area contributed by atoms with E-state index in [1.54, 1.807) is 6.92 Å². The monoisotopic (exact) mass is 198 g/mol. The van der Waals surface area contributed by atoms with Gasteiger partial charge < -0.3 is 10.1 Å². The number of hydrogen-bond acceptors (Lipinski definition) is 3. The predicted octanol–water partition coefficient (Wildman–Crippen LogP) is 0.0111. The van der Waals surface area contributed by atoms with Crippen LogP contribution in [0, 0.1) is 5.92 Å². The van der Waals surface area contributed by atoms with E-state index in [4.69, 9.17) is 4.74 Å². The van der Waals surface area contributed by atoms with Crippen LogP contribution in [0.4, 0.5) is 4.79 Å². The van der Waals surface area contributed by atoms with Gasteiger partial charge in [0.05, 0.1) is 0 Å². The smallest absolute Gasteiger partial charge is 0.322 e. The molecular weight excluding hydrogens is 184 g/mol. The van der Waals surface area contributed by atoms with E-state index in [-0.39, 0.29) is 17.9 Å². The number of imide groups is 1. The van der Waals surface area contributed by atoms with Crippen molar-refractivity contribution in [1.29, 1.82) is 0 Å². The minimum absolute atomic E-state index is 0.183. The SMILES string of the molecule is CC1(C2CCOCC2)NC(=O)NC1=O. The van der Waals surface area contributed by atoms with Crippen molar-refractivity contribution in [2.24, 2.45) is 5.92 Å². The Labute approximate surface area is 82.2 Å². The molecule has 2 aliphatic heterocycles. The third kappa shape index (κ3) is 1.37. The Balaban J connectivity index is 2.14. The molecule has 2 fully saturated rings. The summed E-state index contributed by atoms with van der Waals surface area (Å²) in [7, 11) is 0. The molecule has 2 saturated heterocycles.